The van der Waals surface area contributed by atoms with E-state index in [1.165, 1.54) is 0 Å². The van der Waals surface area contributed by atoms with E-state index >= 15 is 0 Å². The summed E-state index contributed by atoms with van der Waals surface area (Å²) in [7, 11) is 1.60. The smallest absolute Gasteiger partial charge is 0.314 e. The van der Waals surface area contributed by atoms with Gasteiger partial charge in [0.1, 0.15) is 0 Å². The van der Waals surface area contributed by atoms with Crippen LogP contribution in [0.3, 0.4) is 0 Å². The van der Waals surface area contributed by atoms with E-state index in [2.05, 4.69) is 15.7 Å². The highest BCUT2D eigenvalue weighted by molar-refractivity contribution is 6.39. The van der Waals surface area contributed by atoms with E-state index in [9.17, 15) is 9.59 Å². The van der Waals surface area contributed by atoms with Gasteiger partial charge in [-0.2, -0.15) is 5.10 Å². The largest absolute Gasteiger partial charge is 0.383 e. The predicted molar refractivity (Wildman–Crippen MR) is 97.8 cm³/mol. The number of amides is 2. The van der Waals surface area contributed by atoms with Gasteiger partial charge in [-0.1, -0.05) is 23.7 Å². The molecule has 2 aromatic rings. The van der Waals surface area contributed by atoms with E-state index in [1.807, 2.05) is 12.1 Å². The molecule has 1 saturated carbocycles. The molecule has 0 aliphatic heterocycles. The topological polar surface area (TPSA) is 85.2 Å². The minimum absolute atomic E-state index is 0.190. The van der Waals surface area contributed by atoms with Crippen LogP contribution in [0.4, 0.5) is 5.82 Å². The lowest BCUT2D eigenvalue weighted by atomic mass is 10.0. The summed E-state index contributed by atoms with van der Waals surface area (Å²) in [5.74, 6) is -0.734. The highest BCUT2D eigenvalue weighted by Crippen LogP contribution is 2.41. The van der Waals surface area contributed by atoms with Crippen molar-refractivity contribution in [3.63, 3.8) is 0 Å². The van der Waals surface area contributed by atoms with Crippen LogP contribution in [0.25, 0.3) is 0 Å². The summed E-state index contributed by atoms with van der Waals surface area (Å²) in [6, 6.07) is 8.77. The minimum atomic E-state index is -0.735. The zero-order valence-electron chi connectivity index (χ0n) is 14.4. The standard InChI is InChI=1S/C18H21ClN4O3/c1-26-11-10-23-9-8-15(22-23)20-17(24)18(25)21-16(12-2-3-12)13-4-6-14(19)7-5-13/h4-9,12,16H,2-3,10-11H2,1H3,(H,21,25)(H,20,22,24)/t16-/m1/s1. The van der Waals surface area contributed by atoms with E-state index in [1.54, 1.807) is 36.2 Å². The Balaban J connectivity index is 1.59. The SMILES string of the molecule is COCCn1ccc(NC(=O)C(=O)N[C@@H](c2ccc(Cl)cc2)C2CC2)n1. The first kappa shape index (κ1) is 18.4. The number of benzene rings is 1. The molecule has 138 valence electrons. The fourth-order valence-electron chi connectivity index (χ4n) is 2.69. The summed E-state index contributed by atoms with van der Waals surface area (Å²) in [4.78, 5) is 24.5. The molecule has 2 amide bonds. The summed E-state index contributed by atoms with van der Waals surface area (Å²) in [5.41, 5.74) is 0.946. The lowest BCUT2D eigenvalue weighted by Crippen LogP contribution is -2.38. The first-order valence-electron chi connectivity index (χ1n) is 8.46. The van der Waals surface area contributed by atoms with Crippen LogP contribution < -0.4 is 10.6 Å². The van der Waals surface area contributed by atoms with E-state index in [0.717, 1.165) is 18.4 Å². The summed E-state index contributed by atoms with van der Waals surface area (Å²) >= 11 is 5.92. The third-order valence-corrected chi connectivity index (χ3v) is 4.47. The second-order valence-corrected chi connectivity index (χ2v) is 6.69. The van der Waals surface area contributed by atoms with Crippen LogP contribution in [0.1, 0.15) is 24.4 Å². The zero-order valence-corrected chi connectivity index (χ0v) is 15.2. The number of nitrogens with one attached hydrogen (secondary N) is 2. The molecule has 1 aliphatic rings. The molecule has 2 N–H and O–H groups in total. The molecule has 1 aliphatic carbocycles. The van der Waals surface area contributed by atoms with Crippen molar-refractivity contribution in [3.05, 3.63) is 47.1 Å². The molecule has 1 heterocycles. The quantitative estimate of drug-likeness (QED) is 0.726. The van der Waals surface area contributed by atoms with Crippen molar-refractivity contribution in [2.24, 2.45) is 5.92 Å². The number of ether oxygens (including phenoxy) is 1. The number of nitrogens with zero attached hydrogens (tertiary/aromatic N) is 2. The van der Waals surface area contributed by atoms with Crippen molar-refractivity contribution in [3.8, 4) is 0 Å². The van der Waals surface area contributed by atoms with Crippen LogP contribution in [-0.4, -0.2) is 35.3 Å². The molecular weight excluding hydrogens is 356 g/mol. The van der Waals surface area contributed by atoms with Gasteiger partial charge in [0, 0.05) is 24.4 Å². The molecule has 1 aromatic heterocycles. The Hall–Kier alpha value is -2.38. The van der Waals surface area contributed by atoms with E-state index in [0.29, 0.717) is 29.9 Å². The van der Waals surface area contributed by atoms with Gasteiger partial charge in [0.25, 0.3) is 0 Å². The summed E-state index contributed by atoms with van der Waals surface area (Å²) < 4.78 is 6.61. The van der Waals surface area contributed by atoms with Crippen molar-refractivity contribution in [2.45, 2.75) is 25.4 Å². The first-order valence-corrected chi connectivity index (χ1v) is 8.84. The number of anilines is 1. The fraction of sp³-hybridized carbons (Fsp3) is 0.389. The number of hydrogen-bond acceptors (Lipinski definition) is 4. The van der Waals surface area contributed by atoms with Gasteiger partial charge in [0.15, 0.2) is 5.82 Å². The van der Waals surface area contributed by atoms with Gasteiger partial charge in [-0.3, -0.25) is 14.3 Å². The Labute approximate surface area is 156 Å². The van der Waals surface area contributed by atoms with Crippen molar-refractivity contribution < 1.29 is 14.3 Å². The van der Waals surface area contributed by atoms with Crippen LogP contribution in [0, 0.1) is 5.92 Å². The van der Waals surface area contributed by atoms with Crippen molar-refractivity contribution in [1.29, 1.82) is 0 Å². The van der Waals surface area contributed by atoms with Crippen LogP contribution in [0.5, 0.6) is 0 Å². The highest BCUT2D eigenvalue weighted by Gasteiger charge is 2.34. The number of carbonyl (C=O) groups excluding carboxylic acids is 2. The Morgan fingerprint density at radius 2 is 2.00 bits per heavy atom. The van der Waals surface area contributed by atoms with Gasteiger partial charge in [-0.05, 0) is 36.5 Å². The summed E-state index contributed by atoms with van der Waals surface area (Å²) in [5, 5.41) is 10.2. The molecule has 0 unspecified atom stereocenters. The van der Waals surface area contributed by atoms with Gasteiger partial charge in [0.2, 0.25) is 0 Å². The lowest BCUT2D eigenvalue weighted by molar-refractivity contribution is -0.136. The average molecular weight is 377 g/mol. The maximum atomic E-state index is 12.3. The Bertz CT molecular complexity index is 771. The molecule has 7 nitrogen and oxygen atoms in total. The summed E-state index contributed by atoms with van der Waals surface area (Å²) in [6.07, 6.45) is 3.77. The maximum Gasteiger partial charge on any atom is 0.314 e. The molecule has 26 heavy (non-hydrogen) atoms. The Kier molecular flexibility index (Phi) is 5.90. The number of aromatic nitrogens is 2. The molecule has 0 saturated heterocycles. The number of halogens is 1. The fourth-order valence-corrected chi connectivity index (χ4v) is 2.82. The van der Waals surface area contributed by atoms with Crippen LogP contribution in [0.2, 0.25) is 5.02 Å². The van der Waals surface area contributed by atoms with Gasteiger partial charge >= 0.3 is 11.8 Å². The monoisotopic (exact) mass is 376 g/mol. The van der Waals surface area contributed by atoms with Crippen molar-refractivity contribution in [2.75, 3.05) is 19.0 Å². The van der Waals surface area contributed by atoms with Gasteiger partial charge in [-0.25, -0.2) is 0 Å². The molecule has 1 fully saturated rings. The molecule has 8 heteroatoms. The molecule has 1 atom stereocenters. The van der Waals surface area contributed by atoms with Gasteiger partial charge < -0.3 is 15.4 Å². The second-order valence-electron chi connectivity index (χ2n) is 6.25. The van der Waals surface area contributed by atoms with E-state index in [-0.39, 0.29) is 6.04 Å². The van der Waals surface area contributed by atoms with Gasteiger partial charge in [-0.15, -0.1) is 0 Å². The highest BCUT2D eigenvalue weighted by atomic mass is 35.5. The minimum Gasteiger partial charge on any atom is -0.383 e. The summed E-state index contributed by atoms with van der Waals surface area (Å²) in [6.45, 7) is 1.08. The molecule has 3 rings (SSSR count). The molecule has 0 bridgehead atoms. The zero-order chi connectivity index (χ0) is 18.5. The van der Waals surface area contributed by atoms with Crippen LogP contribution >= 0.6 is 11.6 Å². The molecule has 0 radical (unpaired) electrons. The van der Waals surface area contributed by atoms with Crippen molar-refractivity contribution in [1.82, 2.24) is 15.1 Å². The maximum absolute atomic E-state index is 12.3. The number of rotatable bonds is 7. The molecule has 1 aromatic carbocycles. The van der Waals surface area contributed by atoms with Crippen LogP contribution in [0.15, 0.2) is 36.5 Å². The molecular formula is C18H21ClN4O3. The van der Waals surface area contributed by atoms with Crippen LogP contribution in [-0.2, 0) is 20.9 Å². The van der Waals surface area contributed by atoms with Crippen molar-refractivity contribution >= 4 is 29.2 Å². The number of carbonyl (C=O) groups is 2. The number of hydrogen-bond donors (Lipinski definition) is 2. The normalized spacial score (nSPS) is 14.7. The average Bonchev–Trinajstić information content (AvgIpc) is 3.38. The Morgan fingerprint density at radius 1 is 1.27 bits per heavy atom. The second kappa shape index (κ2) is 8.33. The Morgan fingerprint density at radius 3 is 2.65 bits per heavy atom. The third kappa shape index (κ3) is 4.83. The number of methoxy groups -OCH3 is 1. The third-order valence-electron chi connectivity index (χ3n) is 4.22. The predicted octanol–water partition coefficient (Wildman–Crippen LogP) is 2.39. The first-order chi connectivity index (χ1) is 12.6. The van der Waals surface area contributed by atoms with E-state index < -0.39 is 11.8 Å². The molecule has 0 spiro atoms. The van der Waals surface area contributed by atoms with E-state index in [4.69, 9.17) is 16.3 Å². The van der Waals surface area contributed by atoms with Gasteiger partial charge in [0.05, 0.1) is 19.2 Å². The lowest BCUT2D eigenvalue weighted by Gasteiger charge is -2.18.